The van der Waals surface area contributed by atoms with Crippen molar-refractivity contribution in [1.29, 1.82) is 0 Å². The third kappa shape index (κ3) is 3.89. The lowest BCUT2D eigenvalue weighted by molar-refractivity contribution is -0.137. The SMILES string of the molecule is COc1cccc(N2CCN(C(=O)CC3C(=O)NC(=O)NC3C)CC2)c1. The van der Waals surface area contributed by atoms with Gasteiger partial charge in [-0.1, -0.05) is 6.07 Å². The molecule has 4 amide bonds. The second kappa shape index (κ2) is 7.63. The van der Waals surface area contributed by atoms with Gasteiger partial charge >= 0.3 is 6.03 Å². The maximum absolute atomic E-state index is 12.6. The lowest BCUT2D eigenvalue weighted by atomic mass is 9.94. The minimum Gasteiger partial charge on any atom is -0.497 e. The number of carbonyl (C=O) groups excluding carboxylic acids is 3. The predicted octanol–water partition coefficient (Wildman–Crippen LogP) is 0.578. The van der Waals surface area contributed by atoms with Gasteiger partial charge in [-0.15, -0.1) is 0 Å². The van der Waals surface area contributed by atoms with Gasteiger partial charge < -0.3 is 19.9 Å². The zero-order chi connectivity index (χ0) is 18.7. The van der Waals surface area contributed by atoms with Crippen LogP contribution in [0.15, 0.2) is 24.3 Å². The summed E-state index contributed by atoms with van der Waals surface area (Å²) in [6, 6.07) is 7.00. The predicted molar refractivity (Wildman–Crippen MR) is 96.0 cm³/mol. The van der Waals surface area contributed by atoms with E-state index in [0.29, 0.717) is 13.1 Å². The number of imide groups is 1. The Morgan fingerprint density at radius 2 is 1.96 bits per heavy atom. The van der Waals surface area contributed by atoms with Crippen molar-refractivity contribution < 1.29 is 19.1 Å². The van der Waals surface area contributed by atoms with Gasteiger partial charge in [-0.05, 0) is 19.1 Å². The third-order valence-corrected chi connectivity index (χ3v) is 4.98. The molecule has 2 aliphatic rings. The highest BCUT2D eigenvalue weighted by molar-refractivity contribution is 6.00. The molecule has 0 radical (unpaired) electrons. The minimum absolute atomic E-state index is 0.0570. The Balaban J connectivity index is 1.55. The van der Waals surface area contributed by atoms with E-state index in [1.54, 1.807) is 18.9 Å². The molecule has 1 aromatic carbocycles. The first-order valence-electron chi connectivity index (χ1n) is 8.76. The molecule has 0 aliphatic carbocycles. The van der Waals surface area contributed by atoms with E-state index in [4.69, 9.17) is 4.74 Å². The van der Waals surface area contributed by atoms with E-state index >= 15 is 0 Å². The fourth-order valence-electron chi connectivity index (χ4n) is 3.38. The summed E-state index contributed by atoms with van der Waals surface area (Å²) in [5.74, 6) is -0.167. The van der Waals surface area contributed by atoms with Crippen molar-refractivity contribution >= 4 is 23.5 Å². The van der Waals surface area contributed by atoms with Gasteiger partial charge in [0.2, 0.25) is 11.8 Å². The molecule has 2 unspecified atom stereocenters. The molecule has 26 heavy (non-hydrogen) atoms. The van der Waals surface area contributed by atoms with Crippen LogP contribution in [0.5, 0.6) is 5.75 Å². The van der Waals surface area contributed by atoms with Gasteiger partial charge in [0, 0.05) is 50.4 Å². The number of urea groups is 1. The lowest BCUT2D eigenvalue weighted by Gasteiger charge is -2.37. The summed E-state index contributed by atoms with van der Waals surface area (Å²) in [6.45, 7) is 4.40. The van der Waals surface area contributed by atoms with Gasteiger partial charge in [-0.2, -0.15) is 0 Å². The van der Waals surface area contributed by atoms with Gasteiger partial charge in [0.05, 0.1) is 13.0 Å². The van der Waals surface area contributed by atoms with Crippen molar-refractivity contribution in [2.75, 3.05) is 38.2 Å². The Morgan fingerprint density at radius 1 is 1.23 bits per heavy atom. The number of hydrogen-bond donors (Lipinski definition) is 2. The monoisotopic (exact) mass is 360 g/mol. The molecule has 3 rings (SSSR count). The number of carbonyl (C=O) groups is 3. The smallest absolute Gasteiger partial charge is 0.321 e. The fourth-order valence-corrected chi connectivity index (χ4v) is 3.38. The zero-order valence-corrected chi connectivity index (χ0v) is 15.0. The molecule has 1 aromatic rings. The normalized spacial score (nSPS) is 23.3. The molecule has 140 valence electrons. The van der Waals surface area contributed by atoms with Crippen molar-refractivity contribution in [2.24, 2.45) is 5.92 Å². The molecule has 2 saturated heterocycles. The van der Waals surface area contributed by atoms with Crippen molar-refractivity contribution in [3.8, 4) is 5.75 Å². The molecule has 8 heteroatoms. The van der Waals surface area contributed by atoms with E-state index in [1.165, 1.54) is 0 Å². The van der Waals surface area contributed by atoms with Crippen molar-refractivity contribution in [3.05, 3.63) is 24.3 Å². The summed E-state index contributed by atoms with van der Waals surface area (Å²) < 4.78 is 5.26. The number of amides is 4. The molecule has 2 heterocycles. The van der Waals surface area contributed by atoms with Gasteiger partial charge in [0.15, 0.2) is 0 Å². The molecule has 8 nitrogen and oxygen atoms in total. The number of piperazine rings is 1. The lowest BCUT2D eigenvalue weighted by Crippen LogP contribution is -2.58. The first-order valence-corrected chi connectivity index (χ1v) is 8.76. The molecule has 0 aromatic heterocycles. The highest BCUT2D eigenvalue weighted by Crippen LogP contribution is 2.23. The highest BCUT2D eigenvalue weighted by Gasteiger charge is 2.35. The molecule has 2 fully saturated rings. The van der Waals surface area contributed by atoms with E-state index in [2.05, 4.69) is 15.5 Å². The van der Waals surface area contributed by atoms with E-state index in [0.717, 1.165) is 24.5 Å². The Bertz CT molecular complexity index is 700. The van der Waals surface area contributed by atoms with Crippen molar-refractivity contribution in [3.63, 3.8) is 0 Å². The third-order valence-electron chi connectivity index (χ3n) is 4.98. The average Bonchev–Trinajstić information content (AvgIpc) is 2.64. The second-order valence-corrected chi connectivity index (χ2v) is 6.63. The zero-order valence-electron chi connectivity index (χ0n) is 15.0. The number of nitrogens with one attached hydrogen (secondary N) is 2. The quantitative estimate of drug-likeness (QED) is 0.820. The van der Waals surface area contributed by atoms with Gasteiger partial charge in [-0.3, -0.25) is 14.9 Å². The number of anilines is 1. The number of methoxy groups -OCH3 is 1. The van der Waals surface area contributed by atoms with Crippen LogP contribution < -0.4 is 20.3 Å². The number of rotatable bonds is 4. The van der Waals surface area contributed by atoms with Crippen LogP contribution in [0.3, 0.4) is 0 Å². The topological polar surface area (TPSA) is 91.0 Å². The molecule has 2 aliphatic heterocycles. The standard InChI is InChI=1S/C18H24N4O4/c1-12-15(17(24)20-18(25)19-12)11-16(23)22-8-6-21(7-9-22)13-4-3-5-14(10-13)26-2/h3-5,10,12,15H,6-9,11H2,1-2H3,(H2,19,20,24,25). The minimum atomic E-state index is -0.531. The van der Waals surface area contributed by atoms with E-state index in [-0.39, 0.29) is 24.3 Å². The molecule has 2 N–H and O–H groups in total. The molecular weight excluding hydrogens is 336 g/mol. The van der Waals surface area contributed by atoms with Crippen LogP contribution in [0.25, 0.3) is 0 Å². The van der Waals surface area contributed by atoms with E-state index in [9.17, 15) is 14.4 Å². The number of nitrogens with zero attached hydrogens (tertiary/aromatic N) is 2. The maximum atomic E-state index is 12.6. The van der Waals surface area contributed by atoms with Crippen molar-refractivity contribution in [2.45, 2.75) is 19.4 Å². The summed E-state index contributed by atoms with van der Waals surface area (Å²) >= 11 is 0. The summed E-state index contributed by atoms with van der Waals surface area (Å²) in [6.07, 6.45) is 0.104. The Kier molecular flexibility index (Phi) is 5.29. The summed E-state index contributed by atoms with van der Waals surface area (Å²) in [4.78, 5) is 39.8. The summed E-state index contributed by atoms with van der Waals surface area (Å²) in [5.41, 5.74) is 1.07. The van der Waals surface area contributed by atoms with Crippen LogP contribution in [-0.4, -0.2) is 62.1 Å². The summed E-state index contributed by atoms with van der Waals surface area (Å²) in [7, 11) is 1.64. The van der Waals surface area contributed by atoms with E-state index in [1.807, 2.05) is 24.3 Å². The number of hydrogen-bond acceptors (Lipinski definition) is 5. The van der Waals surface area contributed by atoms with Crippen LogP contribution in [0.1, 0.15) is 13.3 Å². The first-order chi connectivity index (χ1) is 12.5. The Morgan fingerprint density at radius 3 is 2.62 bits per heavy atom. The largest absolute Gasteiger partial charge is 0.497 e. The van der Waals surface area contributed by atoms with Crippen LogP contribution in [-0.2, 0) is 9.59 Å². The van der Waals surface area contributed by atoms with Gasteiger partial charge in [0.25, 0.3) is 0 Å². The molecule has 2 atom stereocenters. The van der Waals surface area contributed by atoms with Crippen LogP contribution in [0.4, 0.5) is 10.5 Å². The first kappa shape index (κ1) is 18.0. The number of benzene rings is 1. The van der Waals surface area contributed by atoms with Gasteiger partial charge in [-0.25, -0.2) is 4.79 Å². The van der Waals surface area contributed by atoms with E-state index < -0.39 is 11.9 Å². The van der Waals surface area contributed by atoms with Gasteiger partial charge in [0.1, 0.15) is 5.75 Å². The van der Waals surface area contributed by atoms with Crippen molar-refractivity contribution in [1.82, 2.24) is 15.5 Å². The molecule has 0 bridgehead atoms. The fraction of sp³-hybridized carbons (Fsp3) is 0.500. The molecular formula is C18H24N4O4. The molecule has 0 spiro atoms. The maximum Gasteiger partial charge on any atom is 0.321 e. The highest BCUT2D eigenvalue weighted by atomic mass is 16.5. The summed E-state index contributed by atoms with van der Waals surface area (Å²) in [5, 5.41) is 4.87. The average molecular weight is 360 g/mol. The van der Waals surface area contributed by atoms with Crippen LogP contribution in [0.2, 0.25) is 0 Å². The number of ether oxygens (including phenoxy) is 1. The Labute approximate surface area is 152 Å². The Hall–Kier alpha value is -2.77. The van der Waals surface area contributed by atoms with Crippen LogP contribution in [0, 0.1) is 5.92 Å². The van der Waals surface area contributed by atoms with Crippen LogP contribution >= 0.6 is 0 Å². The second-order valence-electron chi connectivity index (χ2n) is 6.63. The molecule has 0 saturated carbocycles.